The van der Waals surface area contributed by atoms with Crippen molar-refractivity contribution in [2.75, 3.05) is 6.54 Å². The fourth-order valence-corrected chi connectivity index (χ4v) is 2.45. The highest BCUT2D eigenvalue weighted by Gasteiger charge is 2.24. The minimum Gasteiger partial charge on any atom is -0.313 e. The molecule has 1 N–H and O–H groups in total. The van der Waals surface area contributed by atoms with Crippen molar-refractivity contribution in [3.63, 3.8) is 0 Å². The summed E-state index contributed by atoms with van der Waals surface area (Å²) in [5, 5.41) is 15.0. The number of rotatable bonds is 7. The second-order valence-corrected chi connectivity index (χ2v) is 5.15. The van der Waals surface area contributed by atoms with Crippen LogP contribution in [0.4, 0.5) is 5.69 Å². The van der Waals surface area contributed by atoms with E-state index in [1.54, 1.807) is 12.1 Å². The van der Waals surface area contributed by atoms with Crippen LogP contribution in [0.15, 0.2) is 18.2 Å². The molecule has 1 aromatic carbocycles. The second-order valence-electron chi connectivity index (χ2n) is 4.72. The Morgan fingerprint density at radius 2 is 2.11 bits per heavy atom. The molecule has 0 heterocycles. The lowest BCUT2D eigenvalue weighted by Crippen LogP contribution is -2.34. The topological polar surface area (TPSA) is 55.2 Å². The number of hydrogen-bond donors (Lipinski definition) is 1. The van der Waals surface area contributed by atoms with Gasteiger partial charge in [-0.15, -0.1) is 0 Å². The molecule has 0 aliphatic carbocycles. The monoisotopic (exact) mass is 284 g/mol. The lowest BCUT2D eigenvalue weighted by Gasteiger charge is -2.24. The van der Waals surface area contributed by atoms with Crippen LogP contribution in [0.25, 0.3) is 0 Å². The first-order valence-electron chi connectivity index (χ1n) is 6.68. The zero-order valence-electron chi connectivity index (χ0n) is 11.6. The Balaban J connectivity index is 3.03. The number of halogens is 1. The van der Waals surface area contributed by atoms with Gasteiger partial charge in [-0.25, -0.2) is 0 Å². The number of nitro groups is 1. The summed E-state index contributed by atoms with van der Waals surface area (Å²) in [5.41, 5.74) is 0.849. The summed E-state index contributed by atoms with van der Waals surface area (Å²) in [5.74, 6) is 0.0780. The largest absolute Gasteiger partial charge is 0.313 e. The van der Waals surface area contributed by atoms with Gasteiger partial charge >= 0.3 is 0 Å². The van der Waals surface area contributed by atoms with Crippen LogP contribution < -0.4 is 5.32 Å². The van der Waals surface area contributed by atoms with Gasteiger partial charge in [-0.1, -0.05) is 38.4 Å². The molecule has 19 heavy (non-hydrogen) atoms. The van der Waals surface area contributed by atoms with Crippen LogP contribution in [0.2, 0.25) is 5.02 Å². The molecule has 1 rings (SSSR count). The first kappa shape index (κ1) is 15.9. The maximum Gasteiger partial charge on any atom is 0.274 e. The van der Waals surface area contributed by atoms with E-state index in [0.29, 0.717) is 5.02 Å². The van der Waals surface area contributed by atoms with E-state index in [2.05, 4.69) is 19.2 Å². The highest BCUT2D eigenvalue weighted by atomic mass is 35.5. The first-order chi connectivity index (χ1) is 9.01. The molecule has 2 atom stereocenters. The molecular formula is C14H21ClN2O2. The average molecular weight is 285 g/mol. The Morgan fingerprint density at radius 1 is 1.42 bits per heavy atom. The van der Waals surface area contributed by atoms with Gasteiger partial charge in [-0.3, -0.25) is 10.1 Å². The predicted octanol–water partition coefficient (Wildman–Crippen LogP) is 4.13. The standard InChI is InChI=1S/C14H21ClN2O2/c1-4-8-16-13(5-2)10(3)12-7-6-11(15)9-14(12)17(18)19/h6-7,9-10,13,16H,4-5,8H2,1-3H3. The van der Waals surface area contributed by atoms with Gasteiger partial charge in [0.25, 0.3) is 5.69 Å². The summed E-state index contributed by atoms with van der Waals surface area (Å²) >= 11 is 5.84. The number of nitrogens with one attached hydrogen (secondary N) is 1. The molecule has 0 radical (unpaired) electrons. The molecule has 5 heteroatoms. The summed E-state index contributed by atoms with van der Waals surface area (Å²) in [7, 11) is 0. The van der Waals surface area contributed by atoms with Gasteiger partial charge in [-0.05, 0) is 25.5 Å². The molecule has 0 bridgehead atoms. The van der Waals surface area contributed by atoms with Gasteiger partial charge in [0.05, 0.1) is 4.92 Å². The van der Waals surface area contributed by atoms with E-state index >= 15 is 0 Å². The normalized spacial score (nSPS) is 14.1. The summed E-state index contributed by atoms with van der Waals surface area (Å²) < 4.78 is 0. The molecular weight excluding hydrogens is 264 g/mol. The molecule has 0 spiro atoms. The molecule has 106 valence electrons. The third kappa shape index (κ3) is 4.18. The maximum atomic E-state index is 11.1. The van der Waals surface area contributed by atoms with Crippen molar-refractivity contribution >= 4 is 17.3 Å². The van der Waals surface area contributed by atoms with Gasteiger partial charge in [-0.2, -0.15) is 0 Å². The van der Waals surface area contributed by atoms with E-state index in [1.807, 2.05) is 6.92 Å². The van der Waals surface area contributed by atoms with Gasteiger partial charge in [0, 0.05) is 28.6 Å². The van der Waals surface area contributed by atoms with Crippen LogP contribution in [-0.2, 0) is 0 Å². The van der Waals surface area contributed by atoms with Crippen LogP contribution >= 0.6 is 11.6 Å². The van der Waals surface area contributed by atoms with Gasteiger partial charge in [0.1, 0.15) is 0 Å². The van der Waals surface area contributed by atoms with Crippen molar-refractivity contribution in [3.8, 4) is 0 Å². The minimum atomic E-state index is -0.357. The number of hydrogen-bond acceptors (Lipinski definition) is 3. The lowest BCUT2D eigenvalue weighted by molar-refractivity contribution is -0.385. The fourth-order valence-electron chi connectivity index (χ4n) is 2.28. The summed E-state index contributed by atoms with van der Waals surface area (Å²) in [6.07, 6.45) is 1.98. The third-order valence-electron chi connectivity index (χ3n) is 3.38. The minimum absolute atomic E-state index is 0.0780. The van der Waals surface area contributed by atoms with Crippen molar-refractivity contribution in [2.24, 2.45) is 0 Å². The van der Waals surface area contributed by atoms with E-state index in [1.165, 1.54) is 6.07 Å². The maximum absolute atomic E-state index is 11.1. The second kappa shape index (κ2) is 7.46. The Labute approximate surface area is 119 Å². The molecule has 0 saturated heterocycles. The van der Waals surface area contributed by atoms with Gasteiger partial charge in [0.15, 0.2) is 0 Å². The molecule has 0 amide bonds. The van der Waals surface area contributed by atoms with Crippen molar-refractivity contribution in [1.82, 2.24) is 5.32 Å². The Bertz CT molecular complexity index is 437. The van der Waals surface area contributed by atoms with Crippen LogP contribution in [0.1, 0.15) is 45.1 Å². The summed E-state index contributed by atoms with van der Waals surface area (Å²) in [6, 6.07) is 5.15. The van der Waals surface area contributed by atoms with E-state index in [9.17, 15) is 10.1 Å². The summed E-state index contributed by atoms with van der Waals surface area (Å²) in [4.78, 5) is 10.8. The molecule has 1 aromatic rings. The van der Waals surface area contributed by atoms with E-state index in [0.717, 1.165) is 24.9 Å². The molecule has 2 unspecified atom stereocenters. The van der Waals surface area contributed by atoms with Crippen LogP contribution in [0.3, 0.4) is 0 Å². The summed E-state index contributed by atoms with van der Waals surface area (Å²) in [6.45, 7) is 7.14. The van der Waals surface area contributed by atoms with Crippen molar-refractivity contribution in [3.05, 3.63) is 38.9 Å². The molecule has 0 fully saturated rings. The quantitative estimate of drug-likeness (QED) is 0.605. The van der Waals surface area contributed by atoms with Crippen LogP contribution in [0.5, 0.6) is 0 Å². The zero-order valence-corrected chi connectivity index (χ0v) is 12.4. The molecule has 0 aliphatic heterocycles. The van der Waals surface area contributed by atoms with Crippen LogP contribution in [0, 0.1) is 10.1 Å². The van der Waals surface area contributed by atoms with Crippen molar-refractivity contribution in [2.45, 2.75) is 45.6 Å². The van der Waals surface area contributed by atoms with Gasteiger partial charge < -0.3 is 5.32 Å². The molecule has 0 aliphatic rings. The number of benzene rings is 1. The lowest BCUT2D eigenvalue weighted by atomic mass is 9.90. The highest BCUT2D eigenvalue weighted by molar-refractivity contribution is 6.30. The molecule has 0 saturated carbocycles. The van der Waals surface area contributed by atoms with Gasteiger partial charge in [0.2, 0.25) is 0 Å². The Kier molecular flexibility index (Phi) is 6.25. The van der Waals surface area contributed by atoms with Crippen molar-refractivity contribution in [1.29, 1.82) is 0 Å². The van der Waals surface area contributed by atoms with E-state index < -0.39 is 0 Å². The number of nitro benzene ring substituents is 1. The van der Waals surface area contributed by atoms with Crippen molar-refractivity contribution < 1.29 is 4.92 Å². The first-order valence-corrected chi connectivity index (χ1v) is 7.06. The zero-order chi connectivity index (χ0) is 14.4. The predicted molar refractivity (Wildman–Crippen MR) is 78.9 cm³/mol. The average Bonchev–Trinajstić information content (AvgIpc) is 2.39. The smallest absolute Gasteiger partial charge is 0.274 e. The molecule has 4 nitrogen and oxygen atoms in total. The number of nitrogens with zero attached hydrogens (tertiary/aromatic N) is 1. The van der Waals surface area contributed by atoms with E-state index in [-0.39, 0.29) is 22.6 Å². The fraction of sp³-hybridized carbons (Fsp3) is 0.571. The highest BCUT2D eigenvalue weighted by Crippen LogP contribution is 2.32. The Morgan fingerprint density at radius 3 is 2.63 bits per heavy atom. The SMILES string of the molecule is CCCNC(CC)C(C)c1ccc(Cl)cc1[N+](=O)[O-]. The van der Waals surface area contributed by atoms with Crippen LogP contribution in [-0.4, -0.2) is 17.5 Å². The third-order valence-corrected chi connectivity index (χ3v) is 3.61. The Hall–Kier alpha value is -1.13. The molecule has 0 aromatic heterocycles. The van der Waals surface area contributed by atoms with E-state index in [4.69, 9.17) is 11.6 Å².